The molecule has 3 aromatic heterocycles. The summed E-state index contributed by atoms with van der Waals surface area (Å²) in [6.07, 6.45) is 7.89. The fourth-order valence-corrected chi connectivity index (χ4v) is 2.89. The number of H-pyrrole nitrogens is 1. The minimum Gasteiger partial charge on any atom is -0.368 e. The molecule has 114 valence electrons. The third kappa shape index (κ3) is 2.12. The molecule has 0 spiro atoms. The summed E-state index contributed by atoms with van der Waals surface area (Å²) in [4.78, 5) is 13.0. The Kier molecular flexibility index (Phi) is 3.23. The maximum Gasteiger partial charge on any atom is 0.160 e. The van der Waals surface area contributed by atoms with E-state index >= 15 is 0 Å². The van der Waals surface area contributed by atoms with Crippen molar-refractivity contribution in [2.75, 3.05) is 11.9 Å². The zero-order valence-corrected chi connectivity index (χ0v) is 12.2. The van der Waals surface area contributed by atoms with Crippen molar-refractivity contribution < 1.29 is 4.74 Å². The van der Waals surface area contributed by atoms with E-state index < -0.39 is 0 Å². The van der Waals surface area contributed by atoms with E-state index in [0.717, 1.165) is 35.6 Å². The molecule has 8 heteroatoms. The molecule has 0 aliphatic carbocycles. The Morgan fingerprint density at radius 1 is 1.41 bits per heavy atom. The summed E-state index contributed by atoms with van der Waals surface area (Å²) in [5.41, 5.74) is 0.725. The molecule has 22 heavy (non-hydrogen) atoms. The quantitative estimate of drug-likeness (QED) is 0.758. The van der Waals surface area contributed by atoms with Crippen LogP contribution in [0, 0.1) is 0 Å². The summed E-state index contributed by atoms with van der Waals surface area (Å²) in [5, 5.41) is 11.2. The molecule has 0 aromatic carbocycles. The van der Waals surface area contributed by atoms with Gasteiger partial charge in [0, 0.05) is 25.5 Å². The molecule has 0 amide bonds. The van der Waals surface area contributed by atoms with E-state index in [4.69, 9.17) is 4.74 Å². The summed E-state index contributed by atoms with van der Waals surface area (Å²) in [5.74, 6) is 1.73. The second kappa shape index (κ2) is 5.38. The van der Waals surface area contributed by atoms with E-state index in [0.29, 0.717) is 6.61 Å². The molecule has 4 rings (SSSR count). The van der Waals surface area contributed by atoms with Crippen LogP contribution < -0.4 is 5.32 Å². The predicted molar refractivity (Wildman–Crippen MR) is 80.3 cm³/mol. The van der Waals surface area contributed by atoms with E-state index in [9.17, 15) is 0 Å². The van der Waals surface area contributed by atoms with Crippen molar-refractivity contribution in [1.82, 2.24) is 29.7 Å². The third-order valence-electron chi connectivity index (χ3n) is 4.00. The van der Waals surface area contributed by atoms with E-state index in [1.54, 1.807) is 6.20 Å². The SMILES string of the molecule is CCn1ccnc1[C@H]1OCC[C@@H]1Nc1ncnc2[nH]ncc12. The number of ether oxygens (including phenoxy) is 1. The number of imidazole rings is 1. The number of aromatic nitrogens is 6. The summed E-state index contributed by atoms with van der Waals surface area (Å²) >= 11 is 0. The van der Waals surface area contributed by atoms with Crippen LogP contribution in [-0.4, -0.2) is 42.4 Å². The van der Waals surface area contributed by atoms with Gasteiger partial charge in [-0.15, -0.1) is 0 Å². The number of nitrogens with one attached hydrogen (secondary N) is 2. The van der Waals surface area contributed by atoms with Gasteiger partial charge in [0.25, 0.3) is 0 Å². The molecule has 1 saturated heterocycles. The molecule has 0 unspecified atom stereocenters. The van der Waals surface area contributed by atoms with Gasteiger partial charge in [-0.2, -0.15) is 5.10 Å². The number of aryl methyl sites for hydroxylation is 1. The second-order valence-electron chi connectivity index (χ2n) is 5.26. The minimum atomic E-state index is -0.0770. The fourth-order valence-electron chi connectivity index (χ4n) is 2.89. The normalized spacial score (nSPS) is 21.5. The van der Waals surface area contributed by atoms with E-state index in [-0.39, 0.29) is 12.1 Å². The lowest BCUT2D eigenvalue weighted by Gasteiger charge is -2.20. The summed E-state index contributed by atoms with van der Waals surface area (Å²) in [7, 11) is 0. The van der Waals surface area contributed by atoms with Crippen molar-refractivity contribution in [3.05, 3.63) is 30.7 Å². The zero-order valence-electron chi connectivity index (χ0n) is 12.2. The molecule has 4 heterocycles. The number of nitrogens with zero attached hydrogens (tertiary/aromatic N) is 5. The van der Waals surface area contributed by atoms with Gasteiger partial charge < -0.3 is 14.6 Å². The Balaban J connectivity index is 1.63. The number of hydrogen-bond donors (Lipinski definition) is 2. The van der Waals surface area contributed by atoms with Gasteiger partial charge in [0.05, 0.1) is 17.6 Å². The van der Waals surface area contributed by atoms with Crippen molar-refractivity contribution >= 4 is 16.9 Å². The van der Waals surface area contributed by atoms with Gasteiger partial charge in [-0.25, -0.2) is 15.0 Å². The first-order valence-electron chi connectivity index (χ1n) is 7.40. The Labute approximate surface area is 126 Å². The van der Waals surface area contributed by atoms with Crippen LogP contribution in [0.15, 0.2) is 24.9 Å². The van der Waals surface area contributed by atoms with Gasteiger partial charge in [-0.3, -0.25) is 5.10 Å². The average molecular weight is 299 g/mol. The Bertz CT molecular complexity index is 780. The molecule has 8 nitrogen and oxygen atoms in total. The van der Waals surface area contributed by atoms with E-state index in [2.05, 4.69) is 42.0 Å². The highest BCUT2D eigenvalue weighted by Crippen LogP contribution is 2.31. The number of aromatic amines is 1. The minimum absolute atomic E-state index is 0.0770. The molecule has 0 bridgehead atoms. The molecule has 0 saturated carbocycles. The maximum atomic E-state index is 5.91. The van der Waals surface area contributed by atoms with Crippen molar-refractivity contribution in [2.45, 2.75) is 32.0 Å². The van der Waals surface area contributed by atoms with Gasteiger partial charge >= 0.3 is 0 Å². The molecule has 1 fully saturated rings. The molecule has 2 N–H and O–H groups in total. The molecular weight excluding hydrogens is 282 g/mol. The van der Waals surface area contributed by atoms with Crippen LogP contribution >= 0.6 is 0 Å². The lowest BCUT2D eigenvalue weighted by molar-refractivity contribution is 0.0976. The Morgan fingerprint density at radius 3 is 3.27 bits per heavy atom. The van der Waals surface area contributed by atoms with Crippen LogP contribution in [0.2, 0.25) is 0 Å². The monoisotopic (exact) mass is 299 g/mol. The second-order valence-corrected chi connectivity index (χ2v) is 5.26. The van der Waals surface area contributed by atoms with Gasteiger partial charge in [0.2, 0.25) is 0 Å². The topological polar surface area (TPSA) is 93.5 Å². The van der Waals surface area contributed by atoms with Gasteiger partial charge in [-0.05, 0) is 13.3 Å². The van der Waals surface area contributed by atoms with Crippen molar-refractivity contribution in [2.24, 2.45) is 0 Å². The first-order chi connectivity index (χ1) is 10.9. The number of hydrogen-bond acceptors (Lipinski definition) is 6. The van der Waals surface area contributed by atoms with Gasteiger partial charge in [0.15, 0.2) is 5.65 Å². The van der Waals surface area contributed by atoms with E-state index in [1.807, 2.05) is 12.4 Å². The number of rotatable bonds is 4. The van der Waals surface area contributed by atoms with Crippen LogP contribution in [-0.2, 0) is 11.3 Å². The van der Waals surface area contributed by atoms with Crippen LogP contribution in [0.4, 0.5) is 5.82 Å². The highest BCUT2D eigenvalue weighted by atomic mass is 16.5. The van der Waals surface area contributed by atoms with Crippen LogP contribution in [0.3, 0.4) is 0 Å². The zero-order chi connectivity index (χ0) is 14.9. The van der Waals surface area contributed by atoms with E-state index in [1.165, 1.54) is 6.33 Å². The molecular formula is C14H17N7O. The third-order valence-corrected chi connectivity index (χ3v) is 4.00. The summed E-state index contributed by atoms with van der Waals surface area (Å²) < 4.78 is 8.01. The average Bonchev–Trinajstić information content (AvgIpc) is 3.27. The van der Waals surface area contributed by atoms with Gasteiger partial charge in [0.1, 0.15) is 24.1 Å². The molecule has 2 atom stereocenters. The Morgan fingerprint density at radius 2 is 2.36 bits per heavy atom. The van der Waals surface area contributed by atoms with Crippen LogP contribution in [0.5, 0.6) is 0 Å². The predicted octanol–water partition coefficient (Wildman–Crippen LogP) is 1.51. The van der Waals surface area contributed by atoms with Gasteiger partial charge in [-0.1, -0.05) is 0 Å². The van der Waals surface area contributed by atoms with Crippen molar-refractivity contribution in [1.29, 1.82) is 0 Å². The Hall–Kier alpha value is -2.48. The number of anilines is 1. The molecule has 0 radical (unpaired) electrons. The summed E-state index contributed by atoms with van der Waals surface area (Å²) in [6, 6.07) is 0.126. The standard InChI is InChI=1S/C14H17N7O/c1-2-21-5-4-15-14(21)11-10(3-6-22-11)19-12-9-7-18-20-13(9)17-8-16-12/h4-5,7-8,10-11H,2-3,6H2,1H3,(H2,16,17,18,19,20)/t10-,11-/m0/s1. The number of fused-ring (bicyclic) bond motifs is 1. The maximum absolute atomic E-state index is 5.91. The lowest BCUT2D eigenvalue weighted by atomic mass is 10.1. The molecule has 3 aromatic rings. The van der Waals surface area contributed by atoms with Crippen LogP contribution in [0.25, 0.3) is 11.0 Å². The molecule has 1 aliphatic rings. The summed E-state index contributed by atoms with van der Waals surface area (Å²) in [6.45, 7) is 3.68. The largest absolute Gasteiger partial charge is 0.368 e. The highest BCUT2D eigenvalue weighted by molar-refractivity contribution is 5.85. The smallest absolute Gasteiger partial charge is 0.160 e. The van der Waals surface area contributed by atoms with Crippen LogP contribution in [0.1, 0.15) is 25.3 Å². The lowest BCUT2D eigenvalue weighted by Crippen LogP contribution is -2.26. The fraction of sp³-hybridized carbons (Fsp3) is 0.429. The van der Waals surface area contributed by atoms with Crippen molar-refractivity contribution in [3.8, 4) is 0 Å². The first kappa shape index (κ1) is 13.2. The van der Waals surface area contributed by atoms with Crippen molar-refractivity contribution in [3.63, 3.8) is 0 Å². The first-order valence-corrected chi connectivity index (χ1v) is 7.40. The molecule has 1 aliphatic heterocycles. The highest BCUT2D eigenvalue weighted by Gasteiger charge is 2.33.